The maximum atomic E-state index is 5.40. The molecule has 0 radical (unpaired) electrons. The number of nitrogens with one attached hydrogen (secondary N) is 1. The lowest BCUT2D eigenvalue weighted by Crippen LogP contribution is -1.96. The van der Waals surface area contributed by atoms with E-state index in [0.717, 1.165) is 29.2 Å². The zero-order valence-electron chi connectivity index (χ0n) is 11.6. The van der Waals surface area contributed by atoms with Gasteiger partial charge in [-0.15, -0.1) is 0 Å². The third-order valence-corrected chi connectivity index (χ3v) is 3.10. The first kappa shape index (κ1) is 13.3. The minimum atomic E-state index is 0.815. The number of methoxy groups -OCH3 is 2. The lowest BCUT2D eigenvalue weighted by molar-refractivity contribution is 0.399. The van der Waals surface area contributed by atoms with Crippen LogP contribution in [-0.4, -0.2) is 21.3 Å². The number of anilines is 1. The molecule has 0 amide bonds. The minimum Gasteiger partial charge on any atom is -0.497 e. The van der Waals surface area contributed by atoms with Crippen molar-refractivity contribution in [2.75, 3.05) is 26.6 Å². The topological polar surface area (TPSA) is 30.5 Å². The highest BCUT2D eigenvalue weighted by molar-refractivity contribution is 5.48. The Morgan fingerprint density at radius 1 is 1.00 bits per heavy atom. The number of ether oxygens (including phenoxy) is 2. The molecule has 3 nitrogen and oxygen atoms in total. The van der Waals surface area contributed by atoms with Crippen molar-refractivity contribution >= 4 is 5.69 Å². The minimum absolute atomic E-state index is 0.815. The second-order valence-corrected chi connectivity index (χ2v) is 4.30. The first-order valence-corrected chi connectivity index (χ1v) is 6.24. The van der Waals surface area contributed by atoms with Crippen LogP contribution in [0.2, 0.25) is 0 Å². The molecule has 2 aromatic carbocycles. The highest BCUT2D eigenvalue weighted by atomic mass is 16.5. The largest absolute Gasteiger partial charge is 0.497 e. The highest BCUT2D eigenvalue weighted by Crippen LogP contribution is 2.26. The van der Waals surface area contributed by atoms with Gasteiger partial charge in [0.1, 0.15) is 11.5 Å². The molecule has 2 aromatic rings. The molecule has 3 heteroatoms. The van der Waals surface area contributed by atoms with Gasteiger partial charge >= 0.3 is 0 Å². The van der Waals surface area contributed by atoms with E-state index < -0.39 is 0 Å². The van der Waals surface area contributed by atoms with E-state index in [9.17, 15) is 0 Å². The van der Waals surface area contributed by atoms with Crippen LogP contribution in [-0.2, 0) is 6.42 Å². The average molecular weight is 257 g/mol. The van der Waals surface area contributed by atoms with Gasteiger partial charge in [0, 0.05) is 24.7 Å². The third-order valence-electron chi connectivity index (χ3n) is 3.10. The van der Waals surface area contributed by atoms with Crippen LogP contribution in [0.5, 0.6) is 11.5 Å². The van der Waals surface area contributed by atoms with E-state index in [-0.39, 0.29) is 0 Å². The quantitative estimate of drug-likeness (QED) is 0.891. The number of rotatable bonds is 5. The van der Waals surface area contributed by atoms with Crippen molar-refractivity contribution in [3.05, 3.63) is 53.6 Å². The van der Waals surface area contributed by atoms with Gasteiger partial charge in [-0.1, -0.05) is 12.1 Å². The summed E-state index contributed by atoms with van der Waals surface area (Å²) in [5.74, 6) is 1.73. The van der Waals surface area contributed by atoms with Crippen molar-refractivity contribution in [2.24, 2.45) is 0 Å². The van der Waals surface area contributed by atoms with Crippen LogP contribution in [0.4, 0.5) is 5.69 Å². The van der Waals surface area contributed by atoms with Crippen LogP contribution in [0, 0.1) is 0 Å². The molecule has 0 fully saturated rings. The molecule has 19 heavy (non-hydrogen) atoms. The Labute approximate surface area is 114 Å². The lowest BCUT2D eigenvalue weighted by atomic mass is 10.0. The van der Waals surface area contributed by atoms with E-state index in [4.69, 9.17) is 9.47 Å². The van der Waals surface area contributed by atoms with E-state index in [1.165, 1.54) is 5.56 Å². The Morgan fingerprint density at radius 2 is 1.84 bits per heavy atom. The van der Waals surface area contributed by atoms with Gasteiger partial charge in [0.05, 0.1) is 14.2 Å². The fraction of sp³-hybridized carbons (Fsp3) is 0.250. The van der Waals surface area contributed by atoms with Crippen LogP contribution in [0.1, 0.15) is 11.1 Å². The van der Waals surface area contributed by atoms with E-state index >= 15 is 0 Å². The summed E-state index contributed by atoms with van der Waals surface area (Å²) in [7, 11) is 5.29. The first-order valence-electron chi connectivity index (χ1n) is 6.24. The summed E-state index contributed by atoms with van der Waals surface area (Å²) in [4.78, 5) is 0. The van der Waals surface area contributed by atoms with Gasteiger partial charge < -0.3 is 14.8 Å². The third kappa shape index (κ3) is 3.19. The first-order chi connectivity index (χ1) is 9.26. The zero-order valence-corrected chi connectivity index (χ0v) is 11.6. The number of hydrogen-bond acceptors (Lipinski definition) is 3. The van der Waals surface area contributed by atoms with E-state index in [1.807, 2.05) is 37.4 Å². The monoisotopic (exact) mass is 257 g/mol. The number of hydrogen-bond donors (Lipinski definition) is 1. The molecule has 0 spiro atoms. The van der Waals surface area contributed by atoms with Crippen molar-refractivity contribution < 1.29 is 9.47 Å². The van der Waals surface area contributed by atoms with Crippen LogP contribution in [0.15, 0.2) is 42.5 Å². The van der Waals surface area contributed by atoms with Crippen molar-refractivity contribution in [2.45, 2.75) is 6.42 Å². The molecule has 0 bridgehead atoms. The number of benzene rings is 2. The van der Waals surface area contributed by atoms with Crippen LogP contribution in [0.3, 0.4) is 0 Å². The summed E-state index contributed by atoms with van der Waals surface area (Å²) in [6, 6.07) is 14.2. The van der Waals surface area contributed by atoms with Gasteiger partial charge in [0.15, 0.2) is 0 Å². The van der Waals surface area contributed by atoms with Gasteiger partial charge in [-0.3, -0.25) is 0 Å². The Hall–Kier alpha value is -2.16. The van der Waals surface area contributed by atoms with Crippen LogP contribution in [0.25, 0.3) is 0 Å². The normalized spacial score (nSPS) is 10.1. The standard InChI is InChI=1S/C16H19NO2/c1-17-14-6-4-5-12(10-14)9-13-11-15(18-2)7-8-16(13)19-3/h4-8,10-11,17H,9H2,1-3H3. The van der Waals surface area contributed by atoms with Gasteiger partial charge in [-0.05, 0) is 35.9 Å². The van der Waals surface area contributed by atoms with Crippen molar-refractivity contribution in [1.82, 2.24) is 0 Å². The van der Waals surface area contributed by atoms with Gasteiger partial charge in [-0.25, -0.2) is 0 Å². The van der Waals surface area contributed by atoms with Crippen molar-refractivity contribution in [3.63, 3.8) is 0 Å². The maximum Gasteiger partial charge on any atom is 0.122 e. The molecule has 0 saturated carbocycles. The highest BCUT2D eigenvalue weighted by Gasteiger charge is 2.06. The molecule has 0 aliphatic heterocycles. The molecule has 0 aromatic heterocycles. The van der Waals surface area contributed by atoms with Gasteiger partial charge in [0.2, 0.25) is 0 Å². The van der Waals surface area contributed by atoms with Crippen LogP contribution >= 0.6 is 0 Å². The van der Waals surface area contributed by atoms with E-state index in [1.54, 1.807) is 14.2 Å². The predicted molar refractivity (Wildman–Crippen MR) is 78.3 cm³/mol. The van der Waals surface area contributed by atoms with Crippen molar-refractivity contribution in [1.29, 1.82) is 0 Å². The average Bonchev–Trinajstić information content (AvgIpc) is 2.47. The second-order valence-electron chi connectivity index (χ2n) is 4.30. The molecule has 2 rings (SSSR count). The van der Waals surface area contributed by atoms with Gasteiger partial charge in [0.25, 0.3) is 0 Å². The molecule has 0 saturated heterocycles. The molecular formula is C16H19NO2. The maximum absolute atomic E-state index is 5.40. The zero-order chi connectivity index (χ0) is 13.7. The molecule has 0 aliphatic rings. The molecule has 0 aliphatic carbocycles. The summed E-state index contributed by atoms with van der Waals surface area (Å²) < 4.78 is 10.7. The summed E-state index contributed by atoms with van der Waals surface area (Å²) in [5.41, 5.74) is 3.47. The lowest BCUT2D eigenvalue weighted by Gasteiger charge is -2.11. The summed E-state index contributed by atoms with van der Waals surface area (Å²) >= 11 is 0. The summed E-state index contributed by atoms with van der Waals surface area (Å²) in [6.45, 7) is 0. The van der Waals surface area contributed by atoms with E-state index in [2.05, 4.69) is 17.4 Å². The molecule has 1 N–H and O–H groups in total. The van der Waals surface area contributed by atoms with E-state index in [0.29, 0.717) is 0 Å². The molecular weight excluding hydrogens is 238 g/mol. The Balaban J connectivity index is 2.30. The SMILES string of the molecule is CNc1cccc(Cc2cc(OC)ccc2OC)c1. The van der Waals surface area contributed by atoms with Crippen LogP contribution < -0.4 is 14.8 Å². The second kappa shape index (κ2) is 6.14. The fourth-order valence-corrected chi connectivity index (χ4v) is 2.08. The molecule has 0 atom stereocenters. The Morgan fingerprint density at radius 3 is 2.53 bits per heavy atom. The Bertz CT molecular complexity index is 552. The summed E-state index contributed by atoms with van der Waals surface area (Å²) in [6.07, 6.45) is 0.815. The Kier molecular flexibility index (Phi) is 4.29. The molecule has 0 unspecified atom stereocenters. The summed E-state index contributed by atoms with van der Waals surface area (Å²) in [5, 5.41) is 3.15. The fourth-order valence-electron chi connectivity index (χ4n) is 2.08. The van der Waals surface area contributed by atoms with Gasteiger partial charge in [-0.2, -0.15) is 0 Å². The van der Waals surface area contributed by atoms with Crippen molar-refractivity contribution in [3.8, 4) is 11.5 Å². The molecule has 0 heterocycles. The predicted octanol–water partition coefficient (Wildman–Crippen LogP) is 3.34. The smallest absolute Gasteiger partial charge is 0.122 e. The molecule has 100 valence electrons.